The second kappa shape index (κ2) is 9.30. The van der Waals surface area contributed by atoms with Crippen molar-refractivity contribution in [3.8, 4) is 0 Å². The van der Waals surface area contributed by atoms with Crippen LogP contribution in [0.1, 0.15) is 27.7 Å². The molecule has 32 heavy (non-hydrogen) atoms. The van der Waals surface area contributed by atoms with E-state index >= 15 is 0 Å². The Morgan fingerprint density at radius 1 is 1.09 bits per heavy atom. The van der Waals surface area contributed by atoms with Crippen molar-refractivity contribution in [3.63, 3.8) is 0 Å². The summed E-state index contributed by atoms with van der Waals surface area (Å²) in [6, 6.07) is 14.2. The Morgan fingerprint density at radius 3 is 2.69 bits per heavy atom. The van der Waals surface area contributed by atoms with Crippen molar-refractivity contribution < 1.29 is 14.3 Å². The highest BCUT2D eigenvalue weighted by Crippen LogP contribution is 2.23. The zero-order valence-electron chi connectivity index (χ0n) is 17.1. The van der Waals surface area contributed by atoms with Gasteiger partial charge in [-0.15, -0.1) is 0 Å². The number of anilines is 2. The van der Waals surface area contributed by atoms with Crippen molar-refractivity contribution in [3.05, 3.63) is 94.7 Å². The first-order chi connectivity index (χ1) is 15.4. The number of pyridine rings is 2. The zero-order chi connectivity index (χ0) is 22.7. The van der Waals surface area contributed by atoms with Gasteiger partial charge in [0.05, 0.1) is 17.7 Å². The van der Waals surface area contributed by atoms with Crippen LogP contribution in [0.15, 0.2) is 67.0 Å². The molecule has 2 aromatic heterocycles. The smallest absolute Gasteiger partial charge is 0.251 e. The molecule has 1 atom stereocenters. The summed E-state index contributed by atoms with van der Waals surface area (Å²) in [6.07, 6.45) is 3.44. The molecule has 0 saturated carbocycles. The van der Waals surface area contributed by atoms with Gasteiger partial charge in [0.1, 0.15) is 11.6 Å². The zero-order valence-corrected chi connectivity index (χ0v) is 17.9. The van der Waals surface area contributed by atoms with Gasteiger partial charge in [-0.25, -0.2) is 9.37 Å². The number of halogens is 2. The summed E-state index contributed by atoms with van der Waals surface area (Å²) in [7, 11) is 0. The molecule has 2 aromatic carbocycles. The lowest BCUT2D eigenvalue weighted by Crippen LogP contribution is -2.30. The van der Waals surface area contributed by atoms with Crippen LogP contribution in [0, 0.1) is 12.7 Å². The highest BCUT2D eigenvalue weighted by atomic mass is 35.5. The van der Waals surface area contributed by atoms with Crippen LogP contribution >= 0.6 is 11.6 Å². The van der Waals surface area contributed by atoms with Gasteiger partial charge in [0.25, 0.3) is 5.91 Å². The normalized spacial score (nSPS) is 11.9. The maximum atomic E-state index is 13.8. The van der Waals surface area contributed by atoms with Gasteiger partial charge in [-0.3, -0.25) is 9.78 Å². The summed E-state index contributed by atoms with van der Waals surface area (Å²) in [6.45, 7) is 1.52. The van der Waals surface area contributed by atoms with Gasteiger partial charge >= 0.3 is 0 Å². The van der Waals surface area contributed by atoms with Gasteiger partial charge in [-0.2, -0.15) is 0 Å². The molecule has 1 amide bonds. The summed E-state index contributed by atoms with van der Waals surface area (Å²) in [5, 5.41) is 17.3. The third-order valence-electron chi connectivity index (χ3n) is 4.99. The number of nitrogens with zero attached hydrogens (tertiary/aromatic N) is 2. The largest absolute Gasteiger partial charge is 0.394 e. The molecule has 3 N–H and O–H groups in total. The lowest BCUT2D eigenvalue weighted by molar-refractivity contribution is 0.0916. The number of aliphatic hydroxyl groups excluding tert-OH is 1. The second-order valence-electron chi connectivity index (χ2n) is 7.32. The Labute approximate surface area is 189 Å². The molecule has 0 aliphatic carbocycles. The van der Waals surface area contributed by atoms with Gasteiger partial charge in [0.15, 0.2) is 0 Å². The number of carbonyl (C=O) groups excluding carboxylic acids is 1. The van der Waals surface area contributed by atoms with E-state index in [1.54, 1.807) is 36.7 Å². The van der Waals surface area contributed by atoms with E-state index in [2.05, 4.69) is 20.6 Å². The topological polar surface area (TPSA) is 87.1 Å². The fourth-order valence-electron chi connectivity index (χ4n) is 3.33. The van der Waals surface area contributed by atoms with Crippen molar-refractivity contribution in [1.29, 1.82) is 0 Å². The Morgan fingerprint density at radius 2 is 1.94 bits per heavy atom. The van der Waals surface area contributed by atoms with Crippen LogP contribution < -0.4 is 10.6 Å². The van der Waals surface area contributed by atoms with Crippen LogP contribution in [-0.2, 0) is 0 Å². The van der Waals surface area contributed by atoms with Gasteiger partial charge < -0.3 is 15.7 Å². The number of benzene rings is 2. The third-order valence-corrected chi connectivity index (χ3v) is 5.29. The van der Waals surface area contributed by atoms with Crippen LogP contribution in [0.5, 0.6) is 0 Å². The number of aromatic nitrogens is 2. The van der Waals surface area contributed by atoms with Crippen LogP contribution in [0.25, 0.3) is 10.8 Å². The molecule has 0 bridgehead atoms. The summed E-state index contributed by atoms with van der Waals surface area (Å²) in [4.78, 5) is 21.4. The number of amides is 1. The van der Waals surface area contributed by atoms with Crippen LogP contribution in [0.4, 0.5) is 15.9 Å². The molecule has 0 fully saturated rings. The first-order valence-corrected chi connectivity index (χ1v) is 10.3. The SMILES string of the molecule is Cc1cc(Nc2cc3cc(C(=O)N[C@H](CO)c4ccc(Cl)c(F)c4)ccc3cn2)ccn1. The van der Waals surface area contributed by atoms with E-state index in [1.807, 2.05) is 25.1 Å². The van der Waals surface area contributed by atoms with Crippen LogP contribution in [0.3, 0.4) is 0 Å². The molecular formula is C24H20ClFN4O2. The minimum Gasteiger partial charge on any atom is -0.394 e. The highest BCUT2D eigenvalue weighted by Gasteiger charge is 2.17. The second-order valence-corrected chi connectivity index (χ2v) is 7.73. The number of aryl methyl sites for hydroxylation is 1. The highest BCUT2D eigenvalue weighted by molar-refractivity contribution is 6.30. The van der Waals surface area contributed by atoms with E-state index in [4.69, 9.17) is 11.6 Å². The molecule has 4 aromatic rings. The number of hydrogen-bond acceptors (Lipinski definition) is 5. The van der Waals surface area contributed by atoms with E-state index in [0.717, 1.165) is 22.2 Å². The molecule has 0 saturated heterocycles. The Kier molecular flexibility index (Phi) is 6.30. The minimum absolute atomic E-state index is 0.0220. The maximum absolute atomic E-state index is 13.8. The maximum Gasteiger partial charge on any atom is 0.251 e. The predicted octanol–water partition coefficient (Wildman–Crippen LogP) is 4.94. The molecule has 6 nitrogen and oxygen atoms in total. The van der Waals surface area contributed by atoms with Gasteiger partial charge in [-0.05, 0) is 60.3 Å². The van der Waals surface area contributed by atoms with Crippen molar-refractivity contribution in [2.75, 3.05) is 11.9 Å². The number of aliphatic hydroxyl groups is 1. The van der Waals surface area contributed by atoms with Gasteiger partial charge in [0, 0.05) is 34.7 Å². The molecule has 0 aliphatic rings. The monoisotopic (exact) mass is 450 g/mol. The van der Waals surface area contributed by atoms with E-state index in [1.165, 1.54) is 12.1 Å². The minimum atomic E-state index is -0.769. The van der Waals surface area contributed by atoms with E-state index < -0.39 is 17.8 Å². The average Bonchev–Trinajstić information content (AvgIpc) is 2.78. The standard InChI is InChI=1S/C24H20ClFN4O2/c1-14-8-19(6-7-27-14)29-23-11-18-9-16(2-3-17(18)12-28-23)24(32)30-22(13-31)15-4-5-20(25)21(26)10-15/h2-12,22,31H,13H2,1H3,(H,30,32)(H,27,28,29)/t22-/m1/s1. The first-order valence-electron chi connectivity index (χ1n) is 9.89. The average molecular weight is 451 g/mol. The van der Waals surface area contributed by atoms with E-state index in [-0.39, 0.29) is 11.6 Å². The number of nitrogens with one attached hydrogen (secondary N) is 2. The summed E-state index contributed by atoms with van der Waals surface area (Å²) >= 11 is 5.72. The third kappa shape index (κ3) is 4.85. The summed E-state index contributed by atoms with van der Waals surface area (Å²) < 4.78 is 13.8. The molecule has 4 rings (SSSR count). The summed E-state index contributed by atoms with van der Waals surface area (Å²) in [5.74, 6) is -0.373. The molecule has 2 heterocycles. The lowest BCUT2D eigenvalue weighted by Gasteiger charge is -2.17. The molecule has 0 radical (unpaired) electrons. The van der Waals surface area contributed by atoms with Crippen molar-refractivity contribution in [2.24, 2.45) is 0 Å². The quantitative estimate of drug-likeness (QED) is 0.387. The van der Waals surface area contributed by atoms with E-state index in [0.29, 0.717) is 16.9 Å². The first kappa shape index (κ1) is 21.7. The number of hydrogen-bond donors (Lipinski definition) is 3. The van der Waals surface area contributed by atoms with Crippen molar-refractivity contribution in [1.82, 2.24) is 15.3 Å². The molecular weight excluding hydrogens is 431 g/mol. The Bertz CT molecular complexity index is 1300. The molecule has 0 spiro atoms. The molecule has 0 unspecified atom stereocenters. The van der Waals surface area contributed by atoms with Crippen molar-refractivity contribution >= 4 is 39.8 Å². The van der Waals surface area contributed by atoms with E-state index in [9.17, 15) is 14.3 Å². The number of carbonyl (C=O) groups is 1. The Balaban J connectivity index is 1.56. The number of rotatable bonds is 6. The molecule has 0 aliphatic heterocycles. The predicted molar refractivity (Wildman–Crippen MR) is 123 cm³/mol. The summed E-state index contributed by atoms with van der Waals surface area (Å²) in [5.41, 5.74) is 2.57. The van der Waals surface area contributed by atoms with Crippen LogP contribution in [-0.4, -0.2) is 27.6 Å². The van der Waals surface area contributed by atoms with Crippen LogP contribution in [0.2, 0.25) is 5.02 Å². The fraction of sp³-hybridized carbons (Fsp3) is 0.125. The lowest BCUT2D eigenvalue weighted by atomic mass is 10.1. The van der Waals surface area contributed by atoms with Crippen molar-refractivity contribution in [2.45, 2.75) is 13.0 Å². The van der Waals surface area contributed by atoms with Gasteiger partial charge in [-0.1, -0.05) is 23.7 Å². The Hall–Kier alpha value is -3.55. The fourth-order valence-corrected chi connectivity index (χ4v) is 3.44. The molecule has 162 valence electrons. The van der Waals surface area contributed by atoms with Gasteiger partial charge in [0.2, 0.25) is 0 Å². The molecule has 8 heteroatoms. The number of fused-ring (bicyclic) bond motifs is 1.